The number of unbranched alkanes of at least 4 members (excludes halogenated alkanes) is 3. The lowest BCUT2D eigenvalue weighted by atomic mass is 9.97. The van der Waals surface area contributed by atoms with Gasteiger partial charge in [0.1, 0.15) is 23.4 Å². The molecule has 0 saturated carbocycles. The first-order valence-electron chi connectivity index (χ1n) is 15.8. The van der Waals surface area contributed by atoms with Crippen LogP contribution in [-0.4, -0.2) is 46.1 Å². The normalized spacial score (nSPS) is 12.6. The SMILES string of the molecule is CCCCCCN(C(=O)C(Cc1ccccc1)NC(=O)OC(C)(C)C)C(C(=O)Nc1c(C)cccc1C)c1cccc(C)c1O. The summed E-state index contributed by atoms with van der Waals surface area (Å²) in [5, 5.41) is 17.1. The lowest BCUT2D eigenvalue weighted by Crippen LogP contribution is -2.53. The fourth-order valence-corrected chi connectivity index (χ4v) is 5.33. The highest BCUT2D eigenvalue weighted by Gasteiger charge is 2.38. The Bertz CT molecular complexity index is 1430. The number of ether oxygens (including phenoxy) is 1. The molecule has 0 fully saturated rings. The Morgan fingerprint density at radius 1 is 0.844 bits per heavy atom. The zero-order valence-corrected chi connectivity index (χ0v) is 27.8. The lowest BCUT2D eigenvalue weighted by Gasteiger charge is -2.35. The number of phenols is 1. The summed E-state index contributed by atoms with van der Waals surface area (Å²) >= 11 is 0. The molecular formula is C37H49N3O5. The first kappa shape index (κ1) is 35.2. The van der Waals surface area contributed by atoms with Gasteiger partial charge < -0.3 is 25.4 Å². The average Bonchev–Trinajstić information content (AvgIpc) is 2.97. The zero-order valence-electron chi connectivity index (χ0n) is 27.8. The Kier molecular flexibility index (Phi) is 12.6. The molecule has 0 aliphatic rings. The van der Waals surface area contributed by atoms with E-state index in [1.165, 1.54) is 4.90 Å². The van der Waals surface area contributed by atoms with Crippen molar-refractivity contribution >= 4 is 23.6 Å². The molecule has 2 unspecified atom stereocenters. The molecule has 3 amide bonds. The largest absolute Gasteiger partial charge is 0.507 e. The van der Waals surface area contributed by atoms with E-state index in [1.54, 1.807) is 45.9 Å². The molecule has 0 aliphatic carbocycles. The molecular weight excluding hydrogens is 566 g/mol. The Morgan fingerprint density at radius 2 is 1.47 bits per heavy atom. The molecule has 3 aromatic carbocycles. The van der Waals surface area contributed by atoms with Gasteiger partial charge in [0.15, 0.2) is 0 Å². The first-order chi connectivity index (χ1) is 21.3. The first-order valence-corrected chi connectivity index (χ1v) is 15.8. The highest BCUT2D eigenvalue weighted by atomic mass is 16.6. The number of carbonyl (C=O) groups excluding carboxylic acids is 3. The summed E-state index contributed by atoms with van der Waals surface area (Å²) in [6.07, 6.45) is 2.94. The van der Waals surface area contributed by atoms with Gasteiger partial charge in [-0.3, -0.25) is 9.59 Å². The summed E-state index contributed by atoms with van der Waals surface area (Å²) < 4.78 is 5.54. The summed E-state index contributed by atoms with van der Waals surface area (Å²) in [4.78, 5) is 43.6. The van der Waals surface area contributed by atoms with Crippen molar-refractivity contribution in [2.75, 3.05) is 11.9 Å². The van der Waals surface area contributed by atoms with E-state index in [4.69, 9.17) is 4.74 Å². The Morgan fingerprint density at radius 3 is 2.09 bits per heavy atom. The van der Waals surface area contributed by atoms with Crippen molar-refractivity contribution in [2.45, 2.75) is 98.3 Å². The predicted molar refractivity (Wildman–Crippen MR) is 179 cm³/mol. The topological polar surface area (TPSA) is 108 Å². The maximum atomic E-state index is 14.7. The summed E-state index contributed by atoms with van der Waals surface area (Å²) in [5.41, 5.74) is 3.39. The number of nitrogens with zero attached hydrogens (tertiary/aromatic N) is 1. The number of aryl methyl sites for hydroxylation is 3. The molecule has 0 radical (unpaired) electrons. The number of aromatic hydroxyl groups is 1. The molecule has 0 aliphatic heterocycles. The van der Waals surface area contributed by atoms with Crippen molar-refractivity contribution in [3.63, 3.8) is 0 Å². The molecule has 0 bridgehead atoms. The van der Waals surface area contributed by atoms with Crippen molar-refractivity contribution in [3.05, 3.63) is 94.5 Å². The third-order valence-electron chi connectivity index (χ3n) is 7.66. The molecule has 8 nitrogen and oxygen atoms in total. The number of alkyl carbamates (subject to hydrolysis) is 1. The van der Waals surface area contributed by atoms with Gasteiger partial charge in [-0.1, -0.05) is 92.9 Å². The lowest BCUT2D eigenvalue weighted by molar-refractivity contribution is -0.141. The molecule has 0 spiro atoms. The molecule has 3 rings (SSSR count). The number of phenolic OH excluding ortho intramolecular Hbond substituents is 1. The number of nitrogens with one attached hydrogen (secondary N) is 2. The van der Waals surface area contributed by atoms with Crippen LogP contribution in [0.4, 0.5) is 10.5 Å². The third-order valence-corrected chi connectivity index (χ3v) is 7.66. The second kappa shape index (κ2) is 16.1. The van der Waals surface area contributed by atoms with Crippen LogP contribution in [0.5, 0.6) is 5.75 Å². The molecule has 45 heavy (non-hydrogen) atoms. The van der Waals surface area contributed by atoms with E-state index < -0.39 is 35.6 Å². The fraction of sp³-hybridized carbons (Fsp3) is 0.432. The van der Waals surface area contributed by atoms with E-state index >= 15 is 0 Å². The Balaban J connectivity index is 2.14. The highest BCUT2D eigenvalue weighted by Crippen LogP contribution is 2.34. The average molecular weight is 616 g/mol. The van der Waals surface area contributed by atoms with Gasteiger partial charge in [0.25, 0.3) is 5.91 Å². The van der Waals surface area contributed by atoms with Crippen LogP contribution in [0, 0.1) is 20.8 Å². The van der Waals surface area contributed by atoms with Gasteiger partial charge in [0.2, 0.25) is 5.91 Å². The van der Waals surface area contributed by atoms with Crippen molar-refractivity contribution in [1.29, 1.82) is 0 Å². The van der Waals surface area contributed by atoms with Crippen LogP contribution in [0.2, 0.25) is 0 Å². The van der Waals surface area contributed by atoms with E-state index in [1.807, 2.05) is 62.4 Å². The van der Waals surface area contributed by atoms with Crippen LogP contribution in [-0.2, 0) is 20.7 Å². The number of rotatable bonds is 13. The minimum atomic E-state index is -1.17. The smallest absolute Gasteiger partial charge is 0.408 e. The quantitative estimate of drug-likeness (QED) is 0.172. The summed E-state index contributed by atoms with van der Waals surface area (Å²) in [5.74, 6) is -0.943. The zero-order chi connectivity index (χ0) is 33.1. The van der Waals surface area contributed by atoms with Crippen molar-refractivity contribution < 1.29 is 24.2 Å². The standard InChI is InChI=1S/C37H49N3O5/c1-8-9-10-14-23-40(35(43)30(24-28-20-12-11-13-21-28)38-36(44)45-37(5,6)7)32(29-22-16-19-27(4)33(29)41)34(42)39-31-25(2)17-15-18-26(31)3/h11-13,15-22,30,32,41H,8-10,14,23-24H2,1-7H3,(H,38,44)(H,39,42). The summed E-state index contributed by atoms with van der Waals surface area (Å²) in [6, 6.07) is 18.2. The van der Waals surface area contributed by atoms with Crippen LogP contribution >= 0.6 is 0 Å². The number of hydrogen-bond donors (Lipinski definition) is 3. The minimum Gasteiger partial charge on any atom is -0.507 e. The number of para-hydroxylation sites is 2. The Hall–Kier alpha value is -4.33. The number of anilines is 1. The molecule has 0 aromatic heterocycles. The number of amides is 3. The van der Waals surface area contributed by atoms with Crippen molar-refractivity contribution in [1.82, 2.24) is 10.2 Å². The van der Waals surface area contributed by atoms with E-state index in [2.05, 4.69) is 17.6 Å². The Labute approximate surface area is 268 Å². The van der Waals surface area contributed by atoms with Crippen molar-refractivity contribution in [3.8, 4) is 5.75 Å². The van der Waals surface area contributed by atoms with Gasteiger partial charge >= 0.3 is 6.09 Å². The van der Waals surface area contributed by atoms with E-state index in [0.717, 1.165) is 36.0 Å². The van der Waals surface area contributed by atoms with Gasteiger partial charge in [0, 0.05) is 24.2 Å². The summed E-state index contributed by atoms with van der Waals surface area (Å²) in [7, 11) is 0. The molecule has 0 heterocycles. The summed E-state index contributed by atoms with van der Waals surface area (Å²) in [6.45, 7) is 13.2. The number of benzene rings is 3. The fourth-order valence-electron chi connectivity index (χ4n) is 5.33. The van der Waals surface area contributed by atoms with Crippen LogP contribution in [0.3, 0.4) is 0 Å². The molecule has 3 N–H and O–H groups in total. The van der Waals surface area contributed by atoms with Gasteiger partial charge in [-0.15, -0.1) is 0 Å². The van der Waals surface area contributed by atoms with Gasteiger partial charge in [-0.05, 0) is 70.2 Å². The van der Waals surface area contributed by atoms with E-state index in [-0.39, 0.29) is 18.7 Å². The maximum Gasteiger partial charge on any atom is 0.408 e. The van der Waals surface area contributed by atoms with Crippen LogP contribution in [0.1, 0.15) is 87.2 Å². The van der Waals surface area contributed by atoms with E-state index in [0.29, 0.717) is 23.2 Å². The number of hydrogen-bond acceptors (Lipinski definition) is 5. The van der Waals surface area contributed by atoms with Crippen LogP contribution < -0.4 is 10.6 Å². The molecule has 242 valence electrons. The third kappa shape index (κ3) is 10.1. The van der Waals surface area contributed by atoms with Gasteiger partial charge in [0.05, 0.1) is 0 Å². The van der Waals surface area contributed by atoms with Crippen molar-refractivity contribution in [2.24, 2.45) is 0 Å². The van der Waals surface area contributed by atoms with Crippen LogP contribution in [0.25, 0.3) is 0 Å². The maximum absolute atomic E-state index is 14.7. The van der Waals surface area contributed by atoms with Gasteiger partial charge in [-0.25, -0.2) is 4.79 Å². The molecule has 2 atom stereocenters. The minimum absolute atomic E-state index is 0.0507. The molecule has 3 aromatic rings. The second-order valence-corrected chi connectivity index (χ2v) is 12.7. The van der Waals surface area contributed by atoms with E-state index in [9.17, 15) is 19.5 Å². The monoisotopic (exact) mass is 615 g/mol. The second-order valence-electron chi connectivity index (χ2n) is 12.7. The predicted octanol–water partition coefficient (Wildman–Crippen LogP) is 7.54. The molecule has 8 heteroatoms. The van der Waals surface area contributed by atoms with Crippen LogP contribution in [0.15, 0.2) is 66.7 Å². The number of carbonyl (C=O) groups is 3. The highest BCUT2D eigenvalue weighted by molar-refractivity contribution is 6.00. The van der Waals surface area contributed by atoms with Gasteiger partial charge in [-0.2, -0.15) is 0 Å². The molecule has 0 saturated heterocycles.